The van der Waals surface area contributed by atoms with Crippen molar-refractivity contribution in [2.24, 2.45) is 0 Å². The minimum Gasteiger partial charge on any atom is -0.490 e. The van der Waals surface area contributed by atoms with E-state index in [1.165, 1.54) is 0 Å². The molecule has 0 fully saturated rings. The first-order valence-corrected chi connectivity index (χ1v) is 8.85. The van der Waals surface area contributed by atoms with Crippen LogP contribution in [0.15, 0.2) is 97.1 Å². The Balaban J connectivity index is 1.88. The van der Waals surface area contributed by atoms with Crippen molar-refractivity contribution in [3.05, 3.63) is 97.1 Å². The lowest BCUT2D eigenvalue weighted by Gasteiger charge is -2.07. The van der Waals surface area contributed by atoms with E-state index >= 15 is 0 Å². The monoisotopic (exact) mass is 346 g/mol. The van der Waals surface area contributed by atoms with Crippen molar-refractivity contribution in [1.29, 1.82) is 0 Å². The standard InChI is InChI=1S/C24H26O2/c1-3-5-7-9-19-25-23-15-11-21(12-16-23)22-13-17-24(18-14-22)26-20-10-8-6-4-2/h3-18H,19-20H2,1-2H3. The summed E-state index contributed by atoms with van der Waals surface area (Å²) in [5.74, 6) is 1.73. The lowest BCUT2D eigenvalue weighted by Crippen LogP contribution is -1.93. The molecule has 0 saturated carbocycles. The predicted octanol–water partition coefficient (Wildman–Crippen LogP) is 6.38. The van der Waals surface area contributed by atoms with Gasteiger partial charge in [0.15, 0.2) is 0 Å². The zero-order valence-corrected chi connectivity index (χ0v) is 15.5. The van der Waals surface area contributed by atoms with Crippen molar-refractivity contribution >= 4 is 0 Å². The van der Waals surface area contributed by atoms with Crippen LogP contribution in [0.5, 0.6) is 11.5 Å². The van der Waals surface area contributed by atoms with Gasteiger partial charge >= 0.3 is 0 Å². The Morgan fingerprint density at radius 3 is 1.31 bits per heavy atom. The average molecular weight is 346 g/mol. The molecule has 2 aromatic rings. The van der Waals surface area contributed by atoms with E-state index in [0.717, 1.165) is 22.6 Å². The average Bonchev–Trinajstić information content (AvgIpc) is 2.69. The number of hydrogen-bond acceptors (Lipinski definition) is 2. The van der Waals surface area contributed by atoms with Gasteiger partial charge in [0.2, 0.25) is 0 Å². The topological polar surface area (TPSA) is 18.5 Å². The highest BCUT2D eigenvalue weighted by Gasteiger charge is 2.00. The maximum atomic E-state index is 5.68. The third-order valence-corrected chi connectivity index (χ3v) is 3.61. The molecule has 0 radical (unpaired) electrons. The minimum atomic E-state index is 0.568. The molecule has 0 unspecified atom stereocenters. The minimum absolute atomic E-state index is 0.568. The van der Waals surface area contributed by atoms with E-state index in [1.54, 1.807) is 0 Å². The van der Waals surface area contributed by atoms with Crippen LogP contribution in [-0.2, 0) is 0 Å². The second-order valence-electron chi connectivity index (χ2n) is 5.58. The number of benzene rings is 2. The zero-order valence-electron chi connectivity index (χ0n) is 15.5. The molecule has 0 saturated heterocycles. The predicted molar refractivity (Wildman–Crippen MR) is 111 cm³/mol. The maximum Gasteiger partial charge on any atom is 0.119 e. The number of allylic oxidation sites excluding steroid dienone is 6. The van der Waals surface area contributed by atoms with Gasteiger partial charge in [0, 0.05) is 0 Å². The second kappa shape index (κ2) is 11.5. The van der Waals surface area contributed by atoms with Crippen LogP contribution in [0.3, 0.4) is 0 Å². The van der Waals surface area contributed by atoms with E-state index in [-0.39, 0.29) is 0 Å². The van der Waals surface area contributed by atoms with Gasteiger partial charge in [0.25, 0.3) is 0 Å². The summed E-state index contributed by atoms with van der Waals surface area (Å²) in [5.41, 5.74) is 2.31. The molecule has 134 valence electrons. The van der Waals surface area contributed by atoms with Crippen LogP contribution in [0.2, 0.25) is 0 Å². The van der Waals surface area contributed by atoms with Crippen LogP contribution in [0.25, 0.3) is 11.1 Å². The maximum absolute atomic E-state index is 5.68. The lowest BCUT2D eigenvalue weighted by atomic mass is 10.1. The molecule has 0 aliphatic rings. The molecule has 2 heteroatoms. The van der Waals surface area contributed by atoms with Crippen molar-refractivity contribution in [2.45, 2.75) is 13.8 Å². The molecule has 0 aliphatic heterocycles. The summed E-state index contributed by atoms with van der Waals surface area (Å²) >= 11 is 0. The molecular formula is C24H26O2. The van der Waals surface area contributed by atoms with E-state index in [4.69, 9.17) is 9.47 Å². The van der Waals surface area contributed by atoms with Crippen LogP contribution >= 0.6 is 0 Å². The summed E-state index contributed by atoms with van der Waals surface area (Å²) in [5, 5.41) is 0. The quantitative estimate of drug-likeness (QED) is 0.491. The van der Waals surface area contributed by atoms with Crippen LogP contribution in [0, 0.1) is 0 Å². The molecule has 0 amide bonds. The Hall–Kier alpha value is -3.00. The van der Waals surface area contributed by atoms with Crippen LogP contribution in [0.4, 0.5) is 0 Å². The Labute approximate surface area is 156 Å². The van der Waals surface area contributed by atoms with Crippen molar-refractivity contribution < 1.29 is 9.47 Å². The van der Waals surface area contributed by atoms with Crippen molar-refractivity contribution in [2.75, 3.05) is 13.2 Å². The first kappa shape index (κ1) is 19.3. The summed E-state index contributed by atoms with van der Waals surface area (Å²) < 4.78 is 11.4. The Kier molecular flexibility index (Phi) is 8.58. The third-order valence-electron chi connectivity index (χ3n) is 3.61. The number of rotatable bonds is 9. The van der Waals surface area contributed by atoms with Gasteiger partial charge in [-0.05, 0) is 61.4 Å². The first-order chi connectivity index (χ1) is 12.8. The van der Waals surface area contributed by atoms with Gasteiger partial charge in [-0.3, -0.25) is 0 Å². The molecule has 0 aromatic heterocycles. The molecule has 0 spiro atoms. The largest absolute Gasteiger partial charge is 0.490 e. The molecule has 0 atom stereocenters. The van der Waals surface area contributed by atoms with E-state index in [2.05, 4.69) is 24.3 Å². The van der Waals surface area contributed by atoms with Gasteiger partial charge in [-0.15, -0.1) is 0 Å². The highest BCUT2D eigenvalue weighted by Crippen LogP contribution is 2.24. The van der Waals surface area contributed by atoms with Crippen LogP contribution in [-0.4, -0.2) is 13.2 Å². The Bertz CT molecular complexity index is 680. The Morgan fingerprint density at radius 2 is 0.962 bits per heavy atom. The van der Waals surface area contributed by atoms with Crippen molar-refractivity contribution in [3.63, 3.8) is 0 Å². The SMILES string of the molecule is CC=CC=CCOc1ccc(-c2ccc(OCC=CC=CC)cc2)cc1. The van der Waals surface area contributed by atoms with E-state index in [9.17, 15) is 0 Å². The fourth-order valence-corrected chi connectivity index (χ4v) is 2.27. The molecule has 0 bridgehead atoms. The lowest BCUT2D eigenvalue weighted by molar-refractivity contribution is 0.362. The van der Waals surface area contributed by atoms with E-state index in [0.29, 0.717) is 13.2 Å². The highest BCUT2D eigenvalue weighted by atomic mass is 16.5. The van der Waals surface area contributed by atoms with E-state index < -0.39 is 0 Å². The van der Waals surface area contributed by atoms with Gasteiger partial charge in [-0.1, -0.05) is 60.7 Å². The molecule has 2 rings (SSSR count). The van der Waals surface area contributed by atoms with Crippen LogP contribution < -0.4 is 9.47 Å². The molecule has 0 heterocycles. The molecule has 2 nitrogen and oxygen atoms in total. The van der Waals surface area contributed by atoms with Gasteiger partial charge in [0.05, 0.1) is 0 Å². The van der Waals surface area contributed by atoms with Gasteiger partial charge in [-0.25, -0.2) is 0 Å². The summed E-state index contributed by atoms with van der Waals surface area (Å²) in [7, 11) is 0. The van der Waals surface area contributed by atoms with Crippen molar-refractivity contribution in [3.8, 4) is 22.6 Å². The smallest absolute Gasteiger partial charge is 0.119 e. The van der Waals surface area contributed by atoms with Gasteiger partial charge in [0.1, 0.15) is 24.7 Å². The summed E-state index contributed by atoms with van der Waals surface area (Å²) in [6.45, 7) is 5.12. The summed E-state index contributed by atoms with van der Waals surface area (Å²) in [4.78, 5) is 0. The summed E-state index contributed by atoms with van der Waals surface area (Å²) in [6.07, 6.45) is 15.9. The molecule has 0 N–H and O–H groups in total. The second-order valence-corrected chi connectivity index (χ2v) is 5.58. The molecule has 0 aliphatic carbocycles. The zero-order chi connectivity index (χ0) is 18.5. The fraction of sp³-hybridized carbons (Fsp3) is 0.167. The van der Waals surface area contributed by atoms with Crippen LogP contribution in [0.1, 0.15) is 13.8 Å². The number of hydrogen-bond donors (Lipinski definition) is 0. The third kappa shape index (κ3) is 6.86. The van der Waals surface area contributed by atoms with E-state index in [1.807, 2.05) is 86.7 Å². The molecular weight excluding hydrogens is 320 g/mol. The normalized spacial score (nSPS) is 11.9. The highest BCUT2D eigenvalue weighted by molar-refractivity contribution is 5.64. The first-order valence-electron chi connectivity index (χ1n) is 8.85. The summed E-state index contributed by atoms with van der Waals surface area (Å²) in [6, 6.07) is 16.3. The molecule has 26 heavy (non-hydrogen) atoms. The fourth-order valence-electron chi connectivity index (χ4n) is 2.27. The van der Waals surface area contributed by atoms with Crippen molar-refractivity contribution in [1.82, 2.24) is 0 Å². The van der Waals surface area contributed by atoms with Gasteiger partial charge in [-0.2, -0.15) is 0 Å². The van der Waals surface area contributed by atoms with Gasteiger partial charge < -0.3 is 9.47 Å². The molecule has 2 aromatic carbocycles. The number of ether oxygens (including phenoxy) is 2. The Morgan fingerprint density at radius 1 is 0.577 bits per heavy atom.